The maximum absolute atomic E-state index is 12.7. The summed E-state index contributed by atoms with van der Waals surface area (Å²) >= 11 is 0. The van der Waals surface area contributed by atoms with Gasteiger partial charge in [0.15, 0.2) is 5.82 Å². The summed E-state index contributed by atoms with van der Waals surface area (Å²) in [6.07, 6.45) is -2.97. The number of anilines is 3. The number of carbonyl (C=O) groups is 1. The van der Waals surface area contributed by atoms with Gasteiger partial charge in [0.1, 0.15) is 12.3 Å². The van der Waals surface area contributed by atoms with Crippen LogP contribution in [0.4, 0.5) is 30.4 Å². The molecule has 11 heteroatoms. The van der Waals surface area contributed by atoms with Crippen molar-refractivity contribution in [3.05, 3.63) is 35.0 Å². The van der Waals surface area contributed by atoms with E-state index < -0.39 is 19.2 Å². The van der Waals surface area contributed by atoms with Gasteiger partial charge in [-0.05, 0) is 56.1 Å². The summed E-state index contributed by atoms with van der Waals surface area (Å²) < 4.78 is 41.8. The lowest BCUT2D eigenvalue weighted by Gasteiger charge is -2.19. The van der Waals surface area contributed by atoms with Crippen molar-refractivity contribution in [2.24, 2.45) is 0 Å². The summed E-state index contributed by atoms with van der Waals surface area (Å²) in [5.41, 5.74) is 9.87. The molecule has 0 atom stereocenters. The summed E-state index contributed by atoms with van der Waals surface area (Å²) in [7, 11) is 0. The van der Waals surface area contributed by atoms with E-state index in [0.29, 0.717) is 12.2 Å². The number of nitrogens with one attached hydrogen (secondary N) is 1. The van der Waals surface area contributed by atoms with Gasteiger partial charge in [0.05, 0.1) is 18.7 Å². The highest BCUT2D eigenvalue weighted by atomic mass is 19.4. The number of carbonyl (C=O) groups excluding carboxylic acids is 1. The second kappa shape index (κ2) is 9.42. The highest BCUT2D eigenvalue weighted by molar-refractivity contribution is 5.97. The van der Waals surface area contributed by atoms with Crippen LogP contribution >= 0.6 is 0 Å². The number of alkyl halides is 3. The zero-order valence-corrected chi connectivity index (χ0v) is 18.4. The molecule has 1 aromatic heterocycles. The smallest absolute Gasteiger partial charge is 0.392 e. The minimum Gasteiger partial charge on any atom is -0.463 e. The number of aryl methyl sites for hydroxylation is 1. The van der Waals surface area contributed by atoms with E-state index in [4.69, 9.17) is 10.5 Å². The summed E-state index contributed by atoms with van der Waals surface area (Å²) in [4.78, 5) is 25.0. The minimum atomic E-state index is -4.34. The Hall–Kier alpha value is -3.08. The van der Waals surface area contributed by atoms with Crippen LogP contribution in [0.3, 0.4) is 0 Å². The number of fused-ring (bicyclic) bond motifs is 2. The van der Waals surface area contributed by atoms with E-state index in [0.717, 1.165) is 25.3 Å². The Morgan fingerprint density at radius 1 is 1.21 bits per heavy atom. The maximum Gasteiger partial charge on any atom is 0.392 e. The third-order valence-electron chi connectivity index (χ3n) is 5.69. The van der Waals surface area contributed by atoms with E-state index in [2.05, 4.69) is 38.4 Å². The van der Waals surface area contributed by atoms with Crippen molar-refractivity contribution in [2.75, 3.05) is 42.2 Å². The lowest BCUT2D eigenvalue weighted by atomic mass is 10.1. The van der Waals surface area contributed by atoms with Gasteiger partial charge in [-0.3, -0.25) is 9.69 Å². The average Bonchev–Trinajstić information content (AvgIpc) is 3.31. The van der Waals surface area contributed by atoms with Gasteiger partial charge < -0.3 is 20.7 Å². The van der Waals surface area contributed by atoms with Crippen LogP contribution in [-0.2, 0) is 17.9 Å². The summed E-state index contributed by atoms with van der Waals surface area (Å²) in [5.74, 6) is -0.351. The molecule has 3 N–H and O–H groups in total. The highest BCUT2D eigenvalue weighted by Crippen LogP contribution is 2.30. The zero-order chi connectivity index (χ0) is 23.6. The zero-order valence-electron chi connectivity index (χ0n) is 18.4. The number of nitrogens with zero attached hydrogens (tertiary/aromatic N) is 4. The van der Waals surface area contributed by atoms with E-state index in [1.807, 2.05) is 4.90 Å². The number of halogens is 3. The number of likely N-dealkylation sites (tertiary alicyclic amines) is 1. The standard InChI is InChI=1S/C22H27F3N6O2/c1-14-19(20(26)29-21(27-14)33-7-4-22(23,24)25)28-18(32)13-31-12-16-8-15(9-17(31)10-16)11-30-5-2-3-6-30/h8-10H,2-7,11-13H2,1H3,(H,28,32)(H2,26,27,29). The van der Waals surface area contributed by atoms with Crippen molar-refractivity contribution in [2.45, 2.75) is 45.5 Å². The number of benzene rings is 1. The molecule has 33 heavy (non-hydrogen) atoms. The van der Waals surface area contributed by atoms with Crippen LogP contribution in [0.2, 0.25) is 0 Å². The molecule has 2 bridgehead atoms. The number of aromatic nitrogens is 2. The molecule has 0 radical (unpaired) electrons. The second-order valence-electron chi connectivity index (χ2n) is 8.46. The van der Waals surface area contributed by atoms with E-state index in [9.17, 15) is 18.0 Å². The van der Waals surface area contributed by atoms with E-state index in [-0.39, 0.29) is 30.0 Å². The Bertz CT molecular complexity index is 1000. The molecule has 4 rings (SSSR count). The largest absolute Gasteiger partial charge is 0.463 e. The number of nitrogen functional groups attached to an aromatic ring is 1. The van der Waals surface area contributed by atoms with Crippen LogP contribution in [0, 0.1) is 6.92 Å². The molecular weight excluding hydrogens is 437 g/mol. The number of hydrogen-bond donors (Lipinski definition) is 2. The fraction of sp³-hybridized carbons (Fsp3) is 0.500. The molecule has 2 aliphatic heterocycles. The number of ether oxygens (including phenoxy) is 1. The molecule has 1 aromatic carbocycles. The summed E-state index contributed by atoms with van der Waals surface area (Å²) in [5, 5.41) is 2.72. The molecule has 2 aromatic rings. The number of nitrogens with two attached hydrogens (primary N) is 1. The predicted octanol–water partition coefficient (Wildman–Crippen LogP) is 3.25. The molecular formula is C22H27F3N6O2. The van der Waals surface area contributed by atoms with Crippen LogP contribution in [0.5, 0.6) is 6.01 Å². The first-order valence-electron chi connectivity index (χ1n) is 10.9. The van der Waals surface area contributed by atoms with Crippen molar-refractivity contribution in [3.8, 4) is 6.01 Å². The topological polar surface area (TPSA) is 96.6 Å². The van der Waals surface area contributed by atoms with Gasteiger partial charge in [-0.1, -0.05) is 6.07 Å². The van der Waals surface area contributed by atoms with Crippen LogP contribution in [0.15, 0.2) is 18.2 Å². The summed E-state index contributed by atoms with van der Waals surface area (Å²) in [6, 6.07) is 6.13. The van der Waals surface area contributed by atoms with Gasteiger partial charge in [0.25, 0.3) is 0 Å². The van der Waals surface area contributed by atoms with E-state index in [1.54, 1.807) is 6.92 Å². The molecule has 1 fully saturated rings. The predicted molar refractivity (Wildman–Crippen MR) is 118 cm³/mol. The molecule has 3 heterocycles. The lowest BCUT2D eigenvalue weighted by molar-refractivity contribution is -0.139. The van der Waals surface area contributed by atoms with Gasteiger partial charge in [0.2, 0.25) is 5.91 Å². The molecule has 2 aliphatic rings. The SMILES string of the molecule is Cc1nc(OCCC(F)(F)F)nc(N)c1NC(=O)CN1Cc2cc(CN3CCCC3)cc1c2. The fourth-order valence-corrected chi connectivity index (χ4v) is 4.16. The van der Waals surface area contributed by atoms with Crippen molar-refractivity contribution >= 4 is 23.1 Å². The first kappa shape index (κ1) is 23.1. The van der Waals surface area contributed by atoms with Crippen LogP contribution in [0.1, 0.15) is 36.1 Å². The molecule has 8 nitrogen and oxygen atoms in total. The number of amides is 1. The summed E-state index contributed by atoms with van der Waals surface area (Å²) in [6.45, 7) is 4.92. The molecule has 0 spiro atoms. The first-order valence-corrected chi connectivity index (χ1v) is 10.9. The van der Waals surface area contributed by atoms with Crippen LogP contribution in [-0.4, -0.2) is 53.2 Å². The Balaban J connectivity index is 1.34. The monoisotopic (exact) mass is 464 g/mol. The van der Waals surface area contributed by atoms with Crippen molar-refractivity contribution in [1.82, 2.24) is 14.9 Å². The minimum absolute atomic E-state index is 0.0623. The van der Waals surface area contributed by atoms with Crippen LogP contribution < -0.4 is 20.7 Å². The van der Waals surface area contributed by atoms with Gasteiger partial charge in [-0.15, -0.1) is 0 Å². The van der Waals surface area contributed by atoms with Gasteiger partial charge in [0, 0.05) is 18.8 Å². The maximum atomic E-state index is 12.7. The third kappa shape index (κ3) is 6.04. The molecule has 0 aliphatic carbocycles. The Morgan fingerprint density at radius 3 is 2.67 bits per heavy atom. The normalized spacial score (nSPS) is 15.8. The molecule has 178 valence electrons. The molecule has 1 amide bonds. The first-order chi connectivity index (χ1) is 15.7. The van der Waals surface area contributed by atoms with Crippen molar-refractivity contribution in [1.29, 1.82) is 0 Å². The third-order valence-corrected chi connectivity index (χ3v) is 5.69. The van der Waals surface area contributed by atoms with Crippen LogP contribution in [0.25, 0.3) is 0 Å². The second-order valence-corrected chi connectivity index (χ2v) is 8.46. The number of rotatable bonds is 8. The number of hydrogen-bond acceptors (Lipinski definition) is 7. The van der Waals surface area contributed by atoms with E-state index in [1.165, 1.54) is 24.0 Å². The molecule has 0 saturated carbocycles. The van der Waals surface area contributed by atoms with Crippen molar-refractivity contribution in [3.63, 3.8) is 0 Å². The van der Waals surface area contributed by atoms with Gasteiger partial charge in [-0.2, -0.15) is 23.1 Å². The van der Waals surface area contributed by atoms with Crippen molar-refractivity contribution < 1.29 is 22.7 Å². The van der Waals surface area contributed by atoms with Gasteiger partial charge in [-0.25, -0.2) is 0 Å². The Labute approximate surface area is 189 Å². The molecule has 1 saturated heterocycles. The fourth-order valence-electron chi connectivity index (χ4n) is 4.16. The quantitative estimate of drug-likeness (QED) is 0.619. The van der Waals surface area contributed by atoms with Gasteiger partial charge >= 0.3 is 12.2 Å². The Kier molecular flexibility index (Phi) is 6.59. The Morgan fingerprint density at radius 2 is 1.97 bits per heavy atom. The lowest BCUT2D eigenvalue weighted by Crippen LogP contribution is -2.31. The molecule has 0 unspecified atom stereocenters. The van der Waals surface area contributed by atoms with E-state index >= 15 is 0 Å². The highest BCUT2D eigenvalue weighted by Gasteiger charge is 2.27. The average molecular weight is 464 g/mol.